The maximum Gasteiger partial charge on any atom is 0.0348 e. The molecule has 0 aliphatic carbocycles. The minimum Gasteiger partial charge on any atom is -0.140 e. The van der Waals surface area contributed by atoms with Crippen LogP contribution in [0.4, 0.5) is 0 Å². The first-order chi connectivity index (χ1) is 13.3. The van der Waals surface area contributed by atoms with E-state index in [9.17, 15) is 0 Å². The van der Waals surface area contributed by atoms with Crippen LogP contribution in [0, 0.1) is 0 Å². The summed E-state index contributed by atoms with van der Waals surface area (Å²) in [5.74, 6) is 0. The third kappa shape index (κ3) is 8.64. The van der Waals surface area contributed by atoms with Gasteiger partial charge in [0, 0.05) is 9.75 Å². The van der Waals surface area contributed by atoms with E-state index < -0.39 is 0 Å². The third-order valence-corrected chi connectivity index (χ3v) is 6.80. The molecule has 1 aromatic carbocycles. The first kappa shape index (κ1) is 22.2. The molecule has 27 heavy (non-hydrogen) atoms. The van der Waals surface area contributed by atoms with Gasteiger partial charge in [-0.25, -0.2) is 0 Å². The molecule has 0 radical (unpaired) electrons. The summed E-state index contributed by atoms with van der Waals surface area (Å²) in [4.78, 5) is 3.13. The molecule has 1 heteroatoms. The summed E-state index contributed by atoms with van der Waals surface area (Å²) in [6.45, 7) is 4.59. The van der Waals surface area contributed by atoms with Gasteiger partial charge < -0.3 is 0 Å². The zero-order valence-electron chi connectivity index (χ0n) is 17.8. The van der Waals surface area contributed by atoms with Crippen molar-refractivity contribution in [3.8, 4) is 10.4 Å². The van der Waals surface area contributed by atoms with Gasteiger partial charge in [-0.15, -0.1) is 11.3 Å². The number of benzene rings is 1. The lowest BCUT2D eigenvalue weighted by atomic mass is 10.0. The van der Waals surface area contributed by atoms with E-state index in [1.54, 1.807) is 10.4 Å². The molecule has 0 spiro atoms. The van der Waals surface area contributed by atoms with Crippen LogP contribution in [0.15, 0.2) is 36.4 Å². The lowest BCUT2D eigenvalue weighted by Crippen LogP contribution is -1.91. The monoisotopic (exact) mass is 384 g/mol. The fourth-order valence-electron chi connectivity index (χ4n) is 3.80. The molecule has 0 saturated carbocycles. The van der Waals surface area contributed by atoms with Crippen LogP contribution >= 0.6 is 11.3 Å². The molecule has 0 bridgehead atoms. The van der Waals surface area contributed by atoms with Gasteiger partial charge in [0.1, 0.15) is 0 Å². The van der Waals surface area contributed by atoms with Gasteiger partial charge in [-0.05, 0) is 42.9 Å². The molecule has 0 aliphatic rings. The summed E-state index contributed by atoms with van der Waals surface area (Å²) >= 11 is 2.05. The van der Waals surface area contributed by atoms with Gasteiger partial charge in [-0.3, -0.25) is 0 Å². The van der Waals surface area contributed by atoms with Crippen LogP contribution in [0.2, 0.25) is 0 Å². The van der Waals surface area contributed by atoms with Crippen LogP contribution < -0.4 is 0 Å². The van der Waals surface area contributed by atoms with Gasteiger partial charge in [-0.2, -0.15) is 0 Å². The molecule has 0 nitrogen and oxygen atoms in total. The molecule has 0 fully saturated rings. The van der Waals surface area contributed by atoms with E-state index in [0.717, 1.165) is 0 Å². The van der Waals surface area contributed by atoms with Crippen LogP contribution in [0.5, 0.6) is 0 Å². The fourth-order valence-corrected chi connectivity index (χ4v) is 5.06. The van der Waals surface area contributed by atoms with E-state index in [2.05, 4.69) is 61.6 Å². The lowest BCUT2D eigenvalue weighted by molar-refractivity contribution is 0.601. The quantitative estimate of drug-likeness (QED) is 0.268. The Morgan fingerprint density at radius 3 is 1.81 bits per heavy atom. The second-order valence-corrected chi connectivity index (χ2v) is 9.10. The number of thiophene rings is 1. The molecule has 2 aromatic rings. The van der Waals surface area contributed by atoms with Gasteiger partial charge in [-0.1, -0.05) is 108 Å². The van der Waals surface area contributed by atoms with Gasteiger partial charge >= 0.3 is 0 Å². The SMILES string of the molecule is CCCCCCCCc1cc(-c2ccccc2)sc1CCCCCCCC. The van der Waals surface area contributed by atoms with Gasteiger partial charge in [0.05, 0.1) is 0 Å². The van der Waals surface area contributed by atoms with Gasteiger partial charge in [0.2, 0.25) is 0 Å². The molecule has 0 unspecified atom stereocenters. The molecule has 1 aromatic heterocycles. The molecular formula is C26H40S. The Morgan fingerprint density at radius 1 is 0.630 bits per heavy atom. The summed E-state index contributed by atoms with van der Waals surface area (Å²) in [6, 6.07) is 13.5. The van der Waals surface area contributed by atoms with E-state index in [-0.39, 0.29) is 0 Å². The Kier molecular flexibility index (Phi) is 11.5. The second-order valence-electron chi connectivity index (χ2n) is 7.96. The number of unbranched alkanes of at least 4 members (excludes halogenated alkanes) is 10. The minimum atomic E-state index is 1.28. The van der Waals surface area contributed by atoms with Crippen molar-refractivity contribution in [3.05, 3.63) is 46.8 Å². The van der Waals surface area contributed by atoms with Gasteiger partial charge in [0.25, 0.3) is 0 Å². The van der Waals surface area contributed by atoms with Crippen molar-refractivity contribution in [1.29, 1.82) is 0 Å². The van der Waals surface area contributed by atoms with Crippen molar-refractivity contribution < 1.29 is 0 Å². The first-order valence-corrected chi connectivity index (χ1v) is 12.3. The highest BCUT2D eigenvalue weighted by molar-refractivity contribution is 7.15. The predicted octanol–water partition coefficient (Wildman–Crippen LogP) is 9.22. The van der Waals surface area contributed by atoms with Crippen molar-refractivity contribution >= 4 is 11.3 Å². The maximum absolute atomic E-state index is 2.50. The molecule has 0 saturated heterocycles. The lowest BCUT2D eigenvalue weighted by Gasteiger charge is -2.05. The van der Waals surface area contributed by atoms with E-state index in [1.807, 2.05) is 0 Å². The fraction of sp³-hybridized carbons (Fsp3) is 0.615. The third-order valence-electron chi connectivity index (χ3n) is 5.51. The van der Waals surface area contributed by atoms with Crippen LogP contribution in [-0.2, 0) is 12.8 Å². The number of aryl methyl sites for hydroxylation is 2. The van der Waals surface area contributed by atoms with Crippen molar-refractivity contribution in [2.75, 3.05) is 0 Å². The van der Waals surface area contributed by atoms with Crippen molar-refractivity contribution in [3.63, 3.8) is 0 Å². The average Bonchev–Trinajstić information content (AvgIpc) is 3.11. The second kappa shape index (κ2) is 14.0. The maximum atomic E-state index is 2.50. The number of rotatable bonds is 15. The van der Waals surface area contributed by atoms with Crippen molar-refractivity contribution in [1.82, 2.24) is 0 Å². The zero-order chi connectivity index (χ0) is 19.2. The van der Waals surface area contributed by atoms with Crippen LogP contribution in [0.25, 0.3) is 10.4 Å². The first-order valence-electron chi connectivity index (χ1n) is 11.5. The van der Waals surface area contributed by atoms with E-state index in [0.29, 0.717) is 0 Å². The Bertz CT molecular complexity index is 562. The largest absolute Gasteiger partial charge is 0.140 e. The van der Waals surface area contributed by atoms with Gasteiger partial charge in [0.15, 0.2) is 0 Å². The van der Waals surface area contributed by atoms with Crippen LogP contribution in [0.1, 0.15) is 101 Å². The molecule has 150 valence electrons. The molecule has 0 N–H and O–H groups in total. The zero-order valence-corrected chi connectivity index (χ0v) is 18.6. The summed E-state index contributed by atoms with van der Waals surface area (Å²) in [6.07, 6.45) is 19.2. The Balaban J connectivity index is 1.89. The Hall–Kier alpha value is -1.08. The smallest absolute Gasteiger partial charge is 0.0348 e. The van der Waals surface area contributed by atoms with Crippen molar-refractivity contribution in [2.45, 2.75) is 104 Å². The molecule has 1 heterocycles. The normalized spacial score (nSPS) is 11.2. The highest BCUT2D eigenvalue weighted by Gasteiger charge is 2.10. The summed E-state index contributed by atoms with van der Waals surface area (Å²) < 4.78 is 0. The van der Waals surface area contributed by atoms with Crippen molar-refractivity contribution in [2.24, 2.45) is 0 Å². The molecule has 0 amide bonds. The Morgan fingerprint density at radius 2 is 1.19 bits per heavy atom. The number of hydrogen-bond acceptors (Lipinski definition) is 1. The van der Waals surface area contributed by atoms with E-state index in [1.165, 1.54) is 100 Å². The molecule has 0 aliphatic heterocycles. The highest BCUT2D eigenvalue weighted by atomic mass is 32.1. The number of hydrogen-bond donors (Lipinski definition) is 0. The average molecular weight is 385 g/mol. The van der Waals surface area contributed by atoms with E-state index >= 15 is 0 Å². The predicted molar refractivity (Wildman–Crippen MR) is 124 cm³/mol. The topological polar surface area (TPSA) is 0 Å². The highest BCUT2D eigenvalue weighted by Crippen LogP contribution is 2.33. The molecule has 0 atom stereocenters. The summed E-state index contributed by atoms with van der Waals surface area (Å²) in [5.41, 5.74) is 3.03. The van der Waals surface area contributed by atoms with E-state index in [4.69, 9.17) is 0 Å². The Labute approximate surface area is 172 Å². The van der Waals surface area contributed by atoms with Crippen LogP contribution in [0.3, 0.4) is 0 Å². The summed E-state index contributed by atoms with van der Waals surface area (Å²) in [5, 5.41) is 0. The standard InChI is InChI=1S/C26H40S/c1-3-5-7-9-11-14-20-24-22-26(23-18-15-13-16-19-23)27-25(24)21-17-12-10-8-6-4-2/h13,15-16,18-19,22H,3-12,14,17,20-21H2,1-2H3. The van der Waals surface area contributed by atoms with Crippen LogP contribution in [-0.4, -0.2) is 0 Å². The molecule has 2 rings (SSSR count). The summed E-state index contributed by atoms with van der Waals surface area (Å²) in [7, 11) is 0. The minimum absolute atomic E-state index is 1.28. The molecular weight excluding hydrogens is 344 g/mol.